The first-order chi connectivity index (χ1) is 9.17. The van der Waals surface area contributed by atoms with E-state index in [1.165, 1.54) is 22.5 Å². The second-order valence-corrected chi connectivity index (χ2v) is 7.77. The minimum Gasteiger partial charge on any atom is -0.399 e. The van der Waals surface area contributed by atoms with Crippen LogP contribution in [0.15, 0.2) is 27.6 Å². The average molecular weight is 362 g/mol. The van der Waals surface area contributed by atoms with Gasteiger partial charge in [0, 0.05) is 23.2 Å². The van der Waals surface area contributed by atoms with Gasteiger partial charge in [-0.15, -0.1) is 0 Å². The van der Waals surface area contributed by atoms with Crippen LogP contribution in [0, 0.1) is 0 Å². The lowest BCUT2D eigenvalue weighted by Gasteiger charge is -2.40. The Morgan fingerprint density at radius 2 is 2.05 bits per heavy atom. The summed E-state index contributed by atoms with van der Waals surface area (Å²) in [5.74, 6) is -0.307. The molecule has 20 heavy (non-hydrogen) atoms. The molecule has 8 heteroatoms. The van der Waals surface area contributed by atoms with Crippen molar-refractivity contribution in [3.8, 4) is 0 Å². The topological polar surface area (TPSA) is 92.5 Å². The quantitative estimate of drug-likeness (QED) is 0.766. The van der Waals surface area contributed by atoms with Crippen LogP contribution in [-0.2, 0) is 14.8 Å². The highest BCUT2D eigenvalue weighted by atomic mass is 79.9. The third kappa shape index (κ3) is 2.43. The molecule has 0 aliphatic carbocycles. The van der Waals surface area contributed by atoms with Gasteiger partial charge in [0.15, 0.2) is 0 Å². The lowest BCUT2D eigenvalue weighted by atomic mass is 10.0. The first kappa shape index (κ1) is 15.3. The monoisotopic (exact) mass is 361 g/mol. The van der Waals surface area contributed by atoms with Crippen molar-refractivity contribution in [2.75, 3.05) is 18.8 Å². The van der Waals surface area contributed by atoms with Crippen LogP contribution >= 0.6 is 15.9 Å². The predicted octanol–water partition coefficient (Wildman–Crippen LogP) is 0.930. The van der Waals surface area contributed by atoms with Crippen molar-refractivity contribution in [1.82, 2.24) is 9.62 Å². The highest BCUT2D eigenvalue weighted by Crippen LogP contribution is 2.31. The molecule has 2 rings (SSSR count). The van der Waals surface area contributed by atoms with E-state index in [9.17, 15) is 13.2 Å². The zero-order chi connectivity index (χ0) is 15.1. The van der Waals surface area contributed by atoms with Gasteiger partial charge in [0.1, 0.15) is 5.54 Å². The Kier molecular flexibility index (Phi) is 3.83. The van der Waals surface area contributed by atoms with Gasteiger partial charge in [-0.05, 0) is 48.0 Å². The summed E-state index contributed by atoms with van der Waals surface area (Å²) in [6, 6.07) is 4.50. The number of anilines is 1. The molecule has 6 nitrogen and oxygen atoms in total. The molecule has 1 amide bonds. The summed E-state index contributed by atoms with van der Waals surface area (Å²) in [5, 5.41) is 2.67. The molecule has 1 saturated heterocycles. The summed E-state index contributed by atoms with van der Waals surface area (Å²) < 4.78 is 27.1. The Morgan fingerprint density at radius 3 is 2.65 bits per heavy atom. The fourth-order valence-electron chi connectivity index (χ4n) is 2.15. The van der Waals surface area contributed by atoms with Crippen molar-refractivity contribution in [2.45, 2.75) is 24.3 Å². The number of piperazine rings is 1. The smallest absolute Gasteiger partial charge is 0.245 e. The number of sulfonamides is 1. The zero-order valence-corrected chi connectivity index (χ0v) is 13.6. The molecule has 0 unspecified atom stereocenters. The molecular weight excluding hydrogens is 346 g/mol. The fourth-order valence-corrected chi connectivity index (χ4v) is 4.95. The third-order valence-electron chi connectivity index (χ3n) is 3.30. The highest BCUT2D eigenvalue weighted by Gasteiger charge is 2.45. The summed E-state index contributed by atoms with van der Waals surface area (Å²) in [7, 11) is -3.78. The van der Waals surface area contributed by atoms with Gasteiger partial charge in [-0.25, -0.2) is 8.42 Å². The van der Waals surface area contributed by atoms with Gasteiger partial charge in [-0.2, -0.15) is 4.31 Å². The van der Waals surface area contributed by atoms with Crippen molar-refractivity contribution in [3.05, 3.63) is 22.7 Å². The largest absolute Gasteiger partial charge is 0.399 e. The van der Waals surface area contributed by atoms with Crippen LogP contribution in [0.2, 0.25) is 0 Å². The van der Waals surface area contributed by atoms with Crippen LogP contribution < -0.4 is 11.1 Å². The molecule has 110 valence electrons. The molecule has 1 aromatic carbocycles. The van der Waals surface area contributed by atoms with Crippen molar-refractivity contribution in [1.29, 1.82) is 0 Å². The van der Waals surface area contributed by atoms with Crippen LogP contribution in [0.25, 0.3) is 0 Å². The number of hydrogen-bond acceptors (Lipinski definition) is 4. The minimum atomic E-state index is -3.78. The summed E-state index contributed by atoms with van der Waals surface area (Å²) in [4.78, 5) is 12.0. The number of nitrogens with two attached hydrogens (primary N) is 1. The van der Waals surface area contributed by atoms with Gasteiger partial charge in [-0.3, -0.25) is 4.79 Å². The van der Waals surface area contributed by atoms with E-state index >= 15 is 0 Å². The molecular formula is C12H16BrN3O3S. The molecule has 1 heterocycles. The first-order valence-corrected chi connectivity index (χ1v) is 8.27. The molecule has 1 aromatic rings. The number of nitrogens with one attached hydrogen (secondary N) is 1. The lowest BCUT2D eigenvalue weighted by Crippen LogP contribution is -2.63. The minimum absolute atomic E-state index is 0.106. The highest BCUT2D eigenvalue weighted by molar-refractivity contribution is 9.10. The molecule has 1 aliphatic rings. The number of nitrogen functional groups attached to an aromatic ring is 1. The van der Waals surface area contributed by atoms with E-state index in [0.717, 1.165) is 0 Å². The molecule has 1 aliphatic heterocycles. The normalized spacial score (nSPS) is 19.6. The Bertz CT molecular complexity index is 658. The standard InChI is InChI=1S/C12H16BrN3O3S/c1-12(2)11(17)15-5-6-16(12)20(18,19)10-4-3-8(14)7-9(10)13/h3-4,7H,5-6,14H2,1-2H3,(H,15,17). The number of benzene rings is 1. The van der Waals surface area contributed by atoms with Crippen molar-refractivity contribution in [3.63, 3.8) is 0 Å². The lowest BCUT2D eigenvalue weighted by molar-refractivity contribution is -0.131. The Labute approximate surface area is 126 Å². The van der Waals surface area contributed by atoms with Gasteiger partial charge in [-0.1, -0.05) is 0 Å². The molecule has 1 fully saturated rings. The maximum Gasteiger partial charge on any atom is 0.245 e. The van der Waals surface area contributed by atoms with Crippen LogP contribution in [0.3, 0.4) is 0 Å². The zero-order valence-electron chi connectivity index (χ0n) is 11.2. The van der Waals surface area contributed by atoms with Gasteiger partial charge in [0.05, 0.1) is 4.90 Å². The first-order valence-electron chi connectivity index (χ1n) is 6.03. The van der Waals surface area contributed by atoms with Crippen molar-refractivity contribution in [2.24, 2.45) is 0 Å². The van der Waals surface area contributed by atoms with E-state index in [-0.39, 0.29) is 17.3 Å². The summed E-state index contributed by atoms with van der Waals surface area (Å²) in [6.45, 7) is 3.71. The predicted molar refractivity (Wildman–Crippen MR) is 79.5 cm³/mol. The van der Waals surface area contributed by atoms with E-state index in [2.05, 4.69) is 21.2 Å². The van der Waals surface area contributed by atoms with E-state index < -0.39 is 15.6 Å². The number of nitrogens with zero attached hydrogens (tertiary/aromatic N) is 1. The summed E-state index contributed by atoms with van der Waals surface area (Å²) in [5.41, 5.74) is 4.96. The van der Waals surface area contributed by atoms with Gasteiger partial charge in [0.25, 0.3) is 0 Å². The molecule has 0 bridgehead atoms. The molecule has 0 atom stereocenters. The van der Waals surface area contributed by atoms with Crippen molar-refractivity contribution < 1.29 is 13.2 Å². The average Bonchev–Trinajstić information content (AvgIpc) is 2.31. The van der Waals surface area contributed by atoms with Gasteiger partial charge in [0.2, 0.25) is 15.9 Å². The Balaban J connectivity index is 2.52. The van der Waals surface area contributed by atoms with Crippen LogP contribution in [-0.4, -0.2) is 37.3 Å². The van der Waals surface area contributed by atoms with E-state index in [1.807, 2.05) is 0 Å². The van der Waals surface area contributed by atoms with E-state index in [4.69, 9.17) is 5.73 Å². The van der Waals surface area contributed by atoms with Crippen molar-refractivity contribution >= 4 is 37.5 Å². The van der Waals surface area contributed by atoms with Gasteiger partial charge < -0.3 is 11.1 Å². The number of halogens is 1. The van der Waals surface area contributed by atoms with E-state index in [0.29, 0.717) is 16.7 Å². The Hall–Kier alpha value is -1.12. The number of carbonyl (C=O) groups is 1. The van der Waals surface area contributed by atoms with Gasteiger partial charge >= 0.3 is 0 Å². The number of amides is 1. The summed E-state index contributed by atoms with van der Waals surface area (Å²) >= 11 is 3.22. The number of carbonyl (C=O) groups excluding carboxylic acids is 1. The number of hydrogen-bond donors (Lipinski definition) is 2. The maximum atomic E-state index is 12.8. The summed E-state index contributed by atoms with van der Waals surface area (Å²) in [6.07, 6.45) is 0. The Morgan fingerprint density at radius 1 is 1.40 bits per heavy atom. The molecule has 3 N–H and O–H groups in total. The second kappa shape index (κ2) is 5.01. The van der Waals surface area contributed by atoms with Crippen LogP contribution in [0.4, 0.5) is 5.69 Å². The van der Waals surface area contributed by atoms with Crippen LogP contribution in [0.5, 0.6) is 0 Å². The third-order valence-corrected chi connectivity index (χ3v) is 6.35. The maximum absolute atomic E-state index is 12.8. The van der Waals surface area contributed by atoms with Crippen LogP contribution in [0.1, 0.15) is 13.8 Å². The molecule has 0 aromatic heterocycles. The molecule has 0 radical (unpaired) electrons. The molecule has 0 spiro atoms. The van der Waals surface area contributed by atoms with E-state index in [1.54, 1.807) is 13.8 Å². The number of rotatable bonds is 2. The second-order valence-electron chi connectivity index (χ2n) is 5.08. The molecule has 0 saturated carbocycles. The SMILES string of the molecule is CC1(C)C(=O)NCCN1S(=O)(=O)c1ccc(N)cc1Br. The fraction of sp³-hybridized carbons (Fsp3) is 0.417.